The molecule has 2 rings (SSSR count). The minimum atomic E-state index is 0.127. The quantitative estimate of drug-likeness (QED) is 0.764. The Labute approximate surface area is 88.2 Å². The van der Waals surface area contributed by atoms with Gasteiger partial charge in [-0.3, -0.25) is 0 Å². The minimum Gasteiger partial charge on any atom is -0.236 e. The van der Waals surface area contributed by atoms with Crippen molar-refractivity contribution in [3.63, 3.8) is 0 Å². The maximum Gasteiger partial charge on any atom is 0.252 e. The molecule has 14 heavy (non-hydrogen) atoms. The van der Waals surface area contributed by atoms with Crippen molar-refractivity contribution in [1.82, 2.24) is 19.7 Å². The highest BCUT2D eigenvalue weighted by Crippen LogP contribution is 2.16. The molecule has 0 aliphatic rings. The summed E-state index contributed by atoms with van der Waals surface area (Å²) in [5, 5.41) is 12.5. The summed E-state index contributed by atoms with van der Waals surface area (Å²) in [5.41, 5.74) is 0. The zero-order valence-corrected chi connectivity index (χ0v) is 8.51. The van der Waals surface area contributed by atoms with Crippen molar-refractivity contribution >= 4 is 15.9 Å². The van der Waals surface area contributed by atoms with Crippen molar-refractivity contribution < 1.29 is 0 Å². The molecule has 0 atom stereocenters. The lowest BCUT2D eigenvalue weighted by molar-refractivity contribution is 0.835. The number of aromatic nitrogens is 4. The Morgan fingerprint density at radius 3 is 2.93 bits per heavy atom. The third-order valence-electron chi connectivity index (χ3n) is 1.55. The Hall–Kier alpha value is -1.74. The van der Waals surface area contributed by atoms with Crippen LogP contribution >= 0.6 is 15.9 Å². The highest BCUT2D eigenvalue weighted by Gasteiger charge is 2.05. The van der Waals surface area contributed by atoms with Gasteiger partial charge >= 0.3 is 0 Å². The SMILES string of the molecule is N#Cc1ncn(-c2ncccc2Br)n1. The number of rotatable bonds is 1. The van der Waals surface area contributed by atoms with Crippen LogP contribution in [0.4, 0.5) is 0 Å². The summed E-state index contributed by atoms with van der Waals surface area (Å²) < 4.78 is 2.25. The number of hydrogen-bond acceptors (Lipinski definition) is 4. The maximum atomic E-state index is 8.55. The average Bonchev–Trinajstić information content (AvgIpc) is 2.67. The second-order valence-electron chi connectivity index (χ2n) is 2.43. The number of halogens is 1. The molecule has 6 heteroatoms. The van der Waals surface area contributed by atoms with Gasteiger partial charge in [0.15, 0.2) is 5.82 Å². The predicted molar refractivity (Wildman–Crippen MR) is 51.6 cm³/mol. The molecule has 0 saturated heterocycles. The van der Waals surface area contributed by atoms with Crippen LogP contribution in [-0.2, 0) is 0 Å². The molecule has 2 aromatic heterocycles. The molecule has 2 heterocycles. The van der Waals surface area contributed by atoms with Crippen molar-refractivity contribution in [2.75, 3.05) is 0 Å². The van der Waals surface area contributed by atoms with Gasteiger partial charge in [0, 0.05) is 6.20 Å². The molecule has 0 aliphatic carbocycles. The van der Waals surface area contributed by atoms with Gasteiger partial charge in [0.05, 0.1) is 4.47 Å². The summed E-state index contributed by atoms with van der Waals surface area (Å²) >= 11 is 3.33. The van der Waals surface area contributed by atoms with E-state index in [2.05, 4.69) is 31.0 Å². The first-order valence-corrected chi connectivity index (χ1v) is 4.53. The first-order chi connectivity index (χ1) is 6.81. The van der Waals surface area contributed by atoms with E-state index in [0.29, 0.717) is 5.82 Å². The van der Waals surface area contributed by atoms with Gasteiger partial charge in [-0.2, -0.15) is 5.26 Å². The van der Waals surface area contributed by atoms with Crippen LogP contribution in [0, 0.1) is 11.3 Å². The Kier molecular flexibility index (Phi) is 2.24. The zero-order chi connectivity index (χ0) is 9.97. The molecular formula is C8H4BrN5. The predicted octanol–water partition coefficient (Wildman–Crippen LogP) is 1.30. The van der Waals surface area contributed by atoms with Crippen LogP contribution < -0.4 is 0 Å². The van der Waals surface area contributed by atoms with E-state index in [1.165, 1.54) is 11.0 Å². The van der Waals surface area contributed by atoms with Crippen LogP contribution in [0.15, 0.2) is 29.1 Å². The summed E-state index contributed by atoms with van der Waals surface area (Å²) in [4.78, 5) is 7.88. The van der Waals surface area contributed by atoms with Gasteiger partial charge in [0.25, 0.3) is 5.82 Å². The van der Waals surface area contributed by atoms with Gasteiger partial charge in [0.2, 0.25) is 0 Å². The molecule has 0 radical (unpaired) electrons. The molecule has 0 saturated carbocycles. The molecule has 2 aromatic rings. The normalized spacial score (nSPS) is 9.71. The van der Waals surface area contributed by atoms with Gasteiger partial charge in [-0.15, -0.1) is 5.10 Å². The molecule has 0 bridgehead atoms. The fraction of sp³-hybridized carbons (Fsp3) is 0. The van der Waals surface area contributed by atoms with Gasteiger partial charge in [-0.1, -0.05) is 0 Å². The molecule has 0 aliphatic heterocycles. The first-order valence-electron chi connectivity index (χ1n) is 3.74. The van der Waals surface area contributed by atoms with Crippen LogP contribution in [-0.4, -0.2) is 19.7 Å². The fourth-order valence-electron chi connectivity index (χ4n) is 0.962. The van der Waals surface area contributed by atoms with E-state index >= 15 is 0 Å². The van der Waals surface area contributed by atoms with Crippen molar-refractivity contribution in [2.45, 2.75) is 0 Å². The second-order valence-corrected chi connectivity index (χ2v) is 3.29. The van der Waals surface area contributed by atoms with E-state index in [9.17, 15) is 0 Å². The summed E-state index contributed by atoms with van der Waals surface area (Å²) in [5.74, 6) is 0.740. The van der Waals surface area contributed by atoms with Crippen molar-refractivity contribution in [1.29, 1.82) is 5.26 Å². The van der Waals surface area contributed by atoms with E-state index in [1.807, 2.05) is 12.1 Å². The number of hydrogen-bond donors (Lipinski definition) is 0. The molecule has 0 spiro atoms. The molecule has 0 N–H and O–H groups in total. The molecular weight excluding hydrogens is 246 g/mol. The highest BCUT2D eigenvalue weighted by molar-refractivity contribution is 9.10. The van der Waals surface area contributed by atoms with Gasteiger partial charge < -0.3 is 0 Å². The van der Waals surface area contributed by atoms with E-state index < -0.39 is 0 Å². The third-order valence-corrected chi connectivity index (χ3v) is 2.17. The lowest BCUT2D eigenvalue weighted by Crippen LogP contribution is -1.98. The van der Waals surface area contributed by atoms with Crippen molar-refractivity contribution in [3.05, 3.63) is 35.0 Å². The first kappa shape index (κ1) is 8.84. The Morgan fingerprint density at radius 1 is 1.43 bits per heavy atom. The summed E-state index contributed by atoms with van der Waals surface area (Å²) in [6.45, 7) is 0. The summed E-state index contributed by atoms with van der Waals surface area (Å²) in [6, 6.07) is 5.50. The van der Waals surface area contributed by atoms with Crippen LogP contribution in [0.2, 0.25) is 0 Å². The van der Waals surface area contributed by atoms with Gasteiger partial charge in [-0.25, -0.2) is 14.6 Å². The average molecular weight is 250 g/mol. The zero-order valence-electron chi connectivity index (χ0n) is 6.92. The van der Waals surface area contributed by atoms with Crippen LogP contribution in [0.3, 0.4) is 0 Å². The number of pyridine rings is 1. The molecule has 5 nitrogen and oxygen atoms in total. The fourth-order valence-corrected chi connectivity index (χ4v) is 1.40. The Balaban J connectivity index is 2.51. The maximum absolute atomic E-state index is 8.55. The third kappa shape index (κ3) is 1.49. The lowest BCUT2D eigenvalue weighted by atomic mass is 10.5. The number of nitriles is 1. The monoisotopic (exact) mass is 249 g/mol. The van der Waals surface area contributed by atoms with Crippen LogP contribution in [0.1, 0.15) is 5.82 Å². The van der Waals surface area contributed by atoms with E-state index in [-0.39, 0.29) is 5.82 Å². The topological polar surface area (TPSA) is 67.4 Å². The summed E-state index contributed by atoms with van der Waals surface area (Å²) in [7, 11) is 0. The molecule has 68 valence electrons. The van der Waals surface area contributed by atoms with Crippen molar-refractivity contribution in [3.8, 4) is 11.9 Å². The molecule has 0 amide bonds. The van der Waals surface area contributed by atoms with Crippen molar-refractivity contribution in [2.24, 2.45) is 0 Å². The standard InChI is InChI=1S/C8H4BrN5/c9-6-2-1-3-11-8(6)14-5-12-7(4-10)13-14/h1-3,5H. The van der Waals surface area contributed by atoms with Crippen LogP contribution in [0.5, 0.6) is 0 Å². The minimum absolute atomic E-state index is 0.127. The molecule has 0 aromatic carbocycles. The van der Waals surface area contributed by atoms with E-state index in [0.717, 1.165) is 4.47 Å². The Morgan fingerprint density at radius 2 is 2.29 bits per heavy atom. The van der Waals surface area contributed by atoms with E-state index in [4.69, 9.17) is 5.26 Å². The second kappa shape index (κ2) is 3.55. The van der Waals surface area contributed by atoms with Gasteiger partial charge in [-0.05, 0) is 28.1 Å². The number of nitrogens with zero attached hydrogens (tertiary/aromatic N) is 5. The van der Waals surface area contributed by atoms with E-state index in [1.54, 1.807) is 12.3 Å². The summed E-state index contributed by atoms with van der Waals surface area (Å²) in [6.07, 6.45) is 3.10. The van der Waals surface area contributed by atoms with Gasteiger partial charge in [0.1, 0.15) is 12.4 Å². The van der Waals surface area contributed by atoms with Crippen LogP contribution in [0.25, 0.3) is 5.82 Å². The largest absolute Gasteiger partial charge is 0.252 e. The highest BCUT2D eigenvalue weighted by atomic mass is 79.9. The molecule has 0 unspecified atom stereocenters. The smallest absolute Gasteiger partial charge is 0.236 e. The molecule has 0 fully saturated rings. The lowest BCUT2D eigenvalue weighted by Gasteiger charge is -1.99. The Bertz CT molecular complexity index is 498.